The quantitative estimate of drug-likeness (QED) is 0.748. The normalized spacial score (nSPS) is 20.3. The molecule has 0 radical (unpaired) electrons. The van der Waals surface area contributed by atoms with Gasteiger partial charge < -0.3 is 5.32 Å². The minimum atomic E-state index is -3.78. The summed E-state index contributed by atoms with van der Waals surface area (Å²) in [5.74, 6) is -0.112. The molecule has 0 saturated carbocycles. The van der Waals surface area contributed by atoms with Gasteiger partial charge in [0.25, 0.3) is 10.0 Å². The lowest BCUT2D eigenvalue weighted by Crippen LogP contribution is -2.34. The van der Waals surface area contributed by atoms with E-state index in [9.17, 15) is 16.8 Å². The van der Waals surface area contributed by atoms with Gasteiger partial charge in [-0.25, -0.2) is 16.8 Å². The van der Waals surface area contributed by atoms with Gasteiger partial charge in [-0.3, -0.25) is 5.10 Å². The maximum absolute atomic E-state index is 12.7. The van der Waals surface area contributed by atoms with Crippen molar-refractivity contribution in [1.29, 1.82) is 0 Å². The summed E-state index contributed by atoms with van der Waals surface area (Å²) in [7, 11) is -5.21. The Balaban J connectivity index is 2.34. The van der Waals surface area contributed by atoms with Crippen LogP contribution in [0.3, 0.4) is 0 Å². The van der Waals surface area contributed by atoms with Gasteiger partial charge in [0.1, 0.15) is 0 Å². The Morgan fingerprint density at radius 1 is 1.33 bits per heavy atom. The summed E-state index contributed by atoms with van der Waals surface area (Å²) < 4.78 is 49.8. The van der Waals surface area contributed by atoms with Crippen molar-refractivity contribution in [3.63, 3.8) is 0 Å². The maximum Gasteiger partial charge on any atom is 0.262 e. The average Bonchev–Trinajstić information content (AvgIpc) is 2.65. The number of hydrogen-bond donors (Lipinski definition) is 2. The smallest absolute Gasteiger partial charge is 0.262 e. The summed E-state index contributed by atoms with van der Waals surface area (Å²) in [4.78, 5) is 0. The number of sulfonamides is 1. The molecule has 2 heterocycles. The number of H-pyrrole nitrogens is 1. The van der Waals surface area contributed by atoms with Gasteiger partial charge in [0.05, 0.1) is 11.5 Å². The lowest BCUT2D eigenvalue weighted by molar-refractivity contribution is 0.431. The minimum absolute atomic E-state index is 0.0183. The fourth-order valence-corrected chi connectivity index (χ4v) is 5.34. The van der Waals surface area contributed by atoms with Gasteiger partial charge in [0, 0.05) is 30.9 Å². The van der Waals surface area contributed by atoms with Crippen LogP contribution in [0.1, 0.15) is 17.7 Å². The highest BCUT2D eigenvalue weighted by molar-refractivity contribution is 7.91. The zero-order chi connectivity index (χ0) is 15.7. The van der Waals surface area contributed by atoms with Crippen LogP contribution in [0.15, 0.2) is 5.03 Å². The number of sulfone groups is 1. The lowest BCUT2D eigenvalue weighted by atomic mass is 10.3. The van der Waals surface area contributed by atoms with Crippen molar-refractivity contribution >= 4 is 19.9 Å². The molecular weight excluding hydrogens is 316 g/mol. The number of hydrogen-bond acceptors (Lipinski definition) is 6. The van der Waals surface area contributed by atoms with Gasteiger partial charge >= 0.3 is 0 Å². The molecule has 0 aromatic carbocycles. The van der Waals surface area contributed by atoms with E-state index in [1.165, 1.54) is 4.31 Å². The second-order valence-electron chi connectivity index (χ2n) is 5.07. The van der Waals surface area contributed by atoms with Gasteiger partial charge in [-0.2, -0.15) is 9.40 Å². The van der Waals surface area contributed by atoms with Crippen LogP contribution in [0.25, 0.3) is 0 Å². The van der Waals surface area contributed by atoms with Crippen molar-refractivity contribution in [2.45, 2.75) is 24.9 Å². The molecule has 1 aliphatic rings. The summed E-state index contributed by atoms with van der Waals surface area (Å²) in [6.45, 7) is 2.32. The molecule has 0 amide bonds. The van der Waals surface area contributed by atoms with Gasteiger partial charge in [0.2, 0.25) is 0 Å². The molecule has 1 fully saturated rings. The Hall–Kier alpha value is -0.970. The summed E-state index contributed by atoms with van der Waals surface area (Å²) >= 11 is 0. The summed E-state index contributed by atoms with van der Waals surface area (Å²) in [6.07, 6.45) is 0.312. The van der Waals surface area contributed by atoms with E-state index in [2.05, 4.69) is 15.5 Å². The first-order valence-corrected chi connectivity index (χ1v) is 9.93. The van der Waals surface area contributed by atoms with E-state index in [0.29, 0.717) is 24.2 Å². The van der Waals surface area contributed by atoms with E-state index in [1.54, 1.807) is 14.0 Å². The number of nitrogens with one attached hydrogen (secondary N) is 2. The van der Waals surface area contributed by atoms with E-state index in [4.69, 9.17) is 0 Å². The Bertz CT molecular complexity index is 709. The molecule has 0 unspecified atom stereocenters. The summed E-state index contributed by atoms with van der Waals surface area (Å²) in [6, 6.07) is 0. The fourth-order valence-electron chi connectivity index (χ4n) is 2.31. The first kappa shape index (κ1) is 16.4. The highest BCUT2D eigenvalue weighted by atomic mass is 32.2. The van der Waals surface area contributed by atoms with E-state index < -0.39 is 19.9 Å². The van der Waals surface area contributed by atoms with Gasteiger partial charge in [-0.1, -0.05) is 0 Å². The second-order valence-corrected chi connectivity index (χ2v) is 9.23. The van der Waals surface area contributed by atoms with Crippen LogP contribution in [-0.4, -0.2) is 63.0 Å². The Morgan fingerprint density at radius 3 is 2.71 bits per heavy atom. The first-order valence-electron chi connectivity index (χ1n) is 6.67. The molecule has 2 N–H and O–H groups in total. The summed E-state index contributed by atoms with van der Waals surface area (Å²) in [5.41, 5.74) is 1.27. The van der Waals surface area contributed by atoms with Gasteiger partial charge in [-0.15, -0.1) is 0 Å². The van der Waals surface area contributed by atoms with E-state index in [-0.39, 0.29) is 29.6 Å². The Labute approximate surface area is 124 Å². The molecular formula is C11H20N4O4S2. The molecule has 1 aromatic heterocycles. The van der Waals surface area contributed by atoms with E-state index in [1.807, 2.05) is 0 Å². The number of aromatic nitrogens is 2. The SMILES string of the molecule is CNCc1c(S(=O)(=O)N2CCCS(=O)(=O)CC2)n[nH]c1C. The van der Waals surface area contributed by atoms with Crippen molar-refractivity contribution in [1.82, 2.24) is 19.8 Å². The third-order valence-corrected chi connectivity index (χ3v) is 7.07. The standard InChI is InChI=1S/C11H20N4O4S2/c1-9-10(8-12-2)11(14-13-9)21(18,19)15-4-3-6-20(16,17)7-5-15/h12H,3-8H2,1-2H3,(H,13,14). The number of rotatable bonds is 4. The van der Waals surface area contributed by atoms with Crippen LogP contribution >= 0.6 is 0 Å². The maximum atomic E-state index is 12.7. The zero-order valence-corrected chi connectivity index (χ0v) is 13.7. The van der Waals surface area contributed by atoms with E-state index in [0.717, 1.165) is 0 Å². The van der Waals surface area contributed by atoms with Gasteiger partial charge in [0.15, 0.2) is 14.9 Å². The zero-order valence-electron chi connectivity index (χ0n) is 12.1. The van der Waals surface area contributed by atoms with Crippen LogP contribution in [0.2, 0.25) is 0 Å². The van der Waals surface area contributed by atoms with Crippen molar-refractivity contribution in [3.05, 3.63) is 11.3 Å². The third kappa shape index (κ3) is 3.44. The molecule has 2 rings (SSSR count). The highest BCUT2D eigenvalue weighted by Crippen LogP contribution is 2.22. The van der Waals surface area contributed by atoms with Gasteiger partial charge in [-0.05, 0) is 20.4 Å². The predicted octanol–water partition coefficient (Wildman–Crippen LogP) is -0.753. The molecule has 1 saturated heterocycles. The Kier molecular flexibility index (Phi) is 4.71. The molecule has 0 spiro atoms. The minimum Gasteiger partial charge on any atom is -0.316 e. The Morgan fingerprint density at radius 2 is 2.05 bits per heavy atom. The molecule has 1 aliphatic heterocycles. The summed E-state index contributed by atoms with van der Waals surface area (Å²) in [5, 5.41) is 9.48. The molecule has 120 valence electrons. The number of aromatic amines is 1. The van der Waals surface area contributed by atoms with Crippen molar-refractivity contribution < 1.29 is 16.8 Å². The monoisotopic (exact) mass is 336 g/mol. The van der Waals surface area contributed by atoms with Crippen LogP contribution in [0.5, 0.6) is 0 Å². The van der Waals surface area contributed by atoms with Crippen LogP contribution in [-0.2, 0) is 26.4 Å². The number of nitrogens with zero attached hydrogens (tertiary/aromatic N) is 2. The molecule has 21 heavy (non-hydrogen) atoms. The molecule has 0 aliphatic carbocycles. The first-order chi connectivity index (χ1) is 9.78. The third-order valence-electron chi connectivity index (χ3n) is 3.49. The van der Waals surface area contributed by atoms with Crippen LogP contribution in [0.4, 0.5) is 0 Å². The van der Waals surface area contributed by atoms with Crippen molar-refractivity contribution in [2.24, 2.45) is 0 Å². The largest absolute Gasteiger partial charge is 0.316 e. The fraction of sp³-hybridized carbons (Fsp3) is 0.727. The second kappa shape index (κ2) is 6.03. The van der Waals surface area contributed by atoms with Crippen molar-refractivity contribution in [3.8, 4) is 0 Å². The molecule has 1 aromatic rings. The molecule has 0 atom stereocenters. The topological polar surface area (TPSA) is 112 Å². The predicted molar refractivity (Wildman–Crippen MR) is 78.1 cm³/mol. The molecule has 8 nitrogen and oxygen atoms in total. The lowest BCUT2D eigenvalue weighted by Gasteiger charge is -2.18. The molecule has 10 heteroatoms. The van der Waals surface area contributed by atoms with Crippen molar-refractivity contribution in [2.75, 3.05) is 31.6 Å². The number of aryl methyl sites for hydroxylation is 1. The average molecular weight is 336 g/mol. The van der Waals surface area contributed by atoms with Crippen LogP contribution in [0, 0.1) is 6.92 Å². The van der Waals surface area contributed by atoms with Crippen LogP contribution < -0.4 is 5.32 Å². The highest BCUT2D eigenvalue weighted by Gasteiger charge is 2.32. The molecule has 0 bridgehead atoms. The van der Waals surface area contributed by atoms with E-state index >= 15 is 0 Å².